The highest BCUT2D eigenvalue weighted by Gasteiger charge is 1.98. The third-order valence-corrected chi connectivity index (χ3v) is 2.47. The molecule has 0 atom stereocenters. The Kier molecular flexibility index (Phi) is 4.37. The number of nitrogens with two attached hydrogens (primary N) is 1. The maximum Gasteiger partial charge on any atom is 0.186 e. The van der Waals surface area contributed by atoms with E-state index in [1.54, 1.807) is 18.2 Å². The van der Waals surface area contributed by atoms with Gasteiger partial charge < -0.3 is 5.73 Å². The lowest BCUT2D eigenvalue weighted by Gasteiger charge is -1.98. The van der Waals surface area contributed by atoms with E-state index in [-0.39, 0.29) is 10.9 Å². The third-order valence-electron chi connectivity index (χ3n) is 1.70. The van der Waals surface area contributed by atoms with Crippen molar-refractivity contribution < 1.29 is 9.18 Å². The predicted octanol–water partition coefficient (Wildman–Crippen LogP) is 2.70. The van der Waals surface area contributed by atoms with Crippen molar-refractivity contribution in [3.63, 3.8) is 0 Å². The van der Waals surface area contributed by atoms with Gasteiger partial charge >= 0.3 is 0 Å². The number of carbonyl (C=O) groups is 1. The van der Waals surface area contributed by atoms with E-state index in [0.29, 0.717) is 17.0 Å². The smallest absolute Gasteiger partial charge is 0.186 e. The van der Waals surface area contributed by atoms with Crippen LogP contribution in [0.3, 0.4) is 0 Å². The molecule has 15 heavy (non-hydrogen) atoms. The molecule has 0 aromatic heterocycles. The highest BCUT2D eigenvalue weighted by Crippen LogP contribution is 2.14. The highest BCUT2D eigenvalue weighted by molar-refractivity contribution is 8.13. The molecule has 80 valence electrons. The summed E-state index contributed by atoms with van der Waals surface area (Å²) in [6.07, 6.45) is 3.37. The first kappa shape index (κ1) is 11.8. The van der Waals surface area contributed by atoms with Crippen LogP contribution in [0.1, 0.15) is 12.5 Å². The number of hydrogen-bond donors (Lipinski definition) is 1. The average molecular weight is 225 g/mol. The molecular weight excluding hydrogens is 213 g/mol. The summed E-state index contributed by atoms with van der Waals surface area (Å²) in [5.74, 6) is 0.233. The zero-order valence-corrected chi connectivity index (χ0v) is 9.18. The molecule has 0 amide bonds. The van der Waals surface area contributed by atoms with E-state index in [2.05, 4.69) is 0 Å². The number of halogens is 1. The van der Waals surface area contributed by atoms with Crippen LogP contribution in [0.25, 0.3) is 6.08 Å². The van der Waals surface area contributed by atoms with Crippen LogP contribution in [-0.2, 0) is 4.79 Å². The lowest BCUT2D eigenvalue weighted by Crippen LogP contribution is -1.88. The van der Waals surface area contributed by atoms with E-state index in [1.807, 2.05) is 0 Å². The van der Waals surface area contributed by atoms with E-state index in [9.17, 15) is 9.18 Å². The number of anilines is 1. The molecule has 0 spiro atoms. The van der Waals surface area contributed by atoms with Gasteiger partial charge in [-0.2, -0.15) is 0 Å². The summed E-state index contributed by atoms with van der Waals surface area (Å²) in [5.41, 5.74) is 6.49. The molecule has 1 rings (SSSR count). The molecule has 0 fully saturated rings. The van der Waals surface area contributed by atoms with Crippen LogP contribution in [0.15, 0.2) is 24.3 Å². The molecule has 0 bridgehead atoms. The van der Waals surface area contributed by atoms with E-state index in [4.69, 9.17) is 5.73 Å². The fourth-order valence-corrected chi connectivity index (χ4v) is 1.46. The molecule has 4 heteroatoms. The van der Waals surface area contributed by atoms with Crippen LogP contribution < -0.4 is 5.73 Å². The topological polar surface area (TPSA) is 43.1 Å². The summed E-state index contributed by atoms with van der Waals surface area (Å²) in [6, 6.07) is 4.40. The molecule has 0 saturated heterocycles. The second-order valence-electron chi connectivity index (χ2n) is 2.99. The fourth-order valence-electron chi connectivity index (χ4n) is 1.03. The Morgan fingerprint density at radius 1 is 1.60 bits per heavy atom. The third kappa shape index (κ3) is 4.16. The first-order valence-electron chi connectivity index (χ1n) is 4.44. The van der Waals surface area contributed by atoms with Crippen molar-refractivity contribution in [1.29, 1.82) is 0 Å². The van der Waals surface area contributed by atoms with Crippen molar-refractivity contribution >= 4 is 28.6 Å². The summed E-state index contributed by atoms with van der Waals surface area (Å²) >= 11 is 1.18. The number of thioether (sulfide) groups is 1. The molecule has 0 saturated carbocycles. The molecule has 0 aliphatic rings. The zero-order chi connectivity index (χ0) is 11.3. The molecule has 0 heterocycles. The molecule has 2 nitrogen and oxygen atoms in total. The van der Waals surface area contributed by atoms with Gasteiger partial charge in [0.2, 0.25) is 0 Å². The van der Waals surface area contributed by atoms with Crippen molar-refractivity contribution in [2.45, 2.75) is 6.92 Å². The van der Waals surface area contributed by atoms with Crippen LogP contribution in [0.5, 0.6) is 0 Å². The SMILES string of the molecule is CC(=O)SCC=Cc1cc(N)ccc1F. The largest absolute Gasteiger partial charge is 0.399 e. The normalized spacial score (nSPS) is 10.8. The van der Waals surface area contributed by atoms with E-state index in [0.717, 1.165) is 0 Å². The van der Waals surface area contributed by atoms with Crippen LogP contribution in [0.4, 0.5) is 10.1 Å². The average Bonchev–Trinajstić information content (AvgIpc) is 2.17. The molecule has 1 aromatic carbocycles. The van der Waals surface area contributed by atoms with Crippen LogP contribution >= 0.6 is 11.8 Å². The lowest BCUT2D eigenvalue weighted by molar-refractivity contribution is -0.109. The molecule has 0 aliphatic carbocycles. The highest BCUT2D eigenvalue weighted by atomic mass is 32.2. The molecule has 0 unspecified atom stereocenters. The summed E-state index contributed by atoms with van der Waals surface area (Å²) in [4.78, 5) is 10.6. The number of benzene rings is 1. The Balaban J connectivity index is 2.63. The number of carbonyl (C=O) groups excluding carboxylic acids is 1. The monoisotopic (exact) mass is 225 g/mol. The fraction of sp³-hybridized carbons (Fsp3) is 0.182. The van der Waals surface area contributed by atoms with Gasteiger partial charge in [0.05, 0.1) is 0 Å². The number of rotatable bonds is 3. The molecule has 2 N–H and O–H groups in total. The van der Waals surface area contributed by atoms with Crippen molar-refractivity contribution in [3.8, 4) is 0 Å². The second kappa shape index (κ2) is 5.56. The van der Waals surface area contributed by atoms with Gasteiger partial charge in [-0.05, 0) is 18.2 Å². The van der Waals surface area contributed by atoms with E-state index >= 15 is 0 Å². The molecular formula is C11H12FNOS. The summed E-state index contributed by atoms with van der Waals surface area (Å²) in [7, 11) is 0. The minimum absolute atomic E-state index is 0.0488. The Bertz CT molecular complexity index is 390. The van der Waals surface area contributed by atoms with Crippen LogP contribution in [0.2, 0.25) is 0 Å². The van der Waals surface area contributed by atoms with Crippen molar-refractivity contribution in [1.82, 2.24) is 0 Å². The first-order chi connectivity index (χ1) is 7.09. The minimum Gasteiger partial charge on any atom is -0.399 e. The summed E-state index contributed by atoms with van der Waals surface area (Å²) in [6.45, 7) is 1.50. The van der Waals surface area contributed by atoms with Crippen molar-refractivity contribution in [3.05, 3.63) is 35.7 Å². The van der Waals surface area contributed by atoms with Gasteiger partial charge in [-0.3, -0.25) is 4.79 Å². The van der Waals surface area contributed by atoms with Crippen LogP contribution in [0, 0.1) is 5.82 Å². The van der Waals surface area contributed by atoms with E-state index < -0.39 is 0 Å². The Labute approximate surface area is 92.4 Å². The van der Waals surface area contributed by atoms with Gasteiger partial charge in [0.1, 0.15) is 5.82 Å². The Morgan fingerprint density at radius 2 is 2.33 bits per heavy atom. The Morgan fingerprint density at radius 3 is 3.00 bits per heavy atom. The van der Waals surface area contributed by atoms with Gasteiger partial charge in [0.15, 0.2) is 5.12 Å². The maximum absolute atomic E-state index is 13.2. The number of hydrogen-bond acceptors (Lipinski definition) is 3. The quantitative estimate of drug-likeness (QED) is 0.804. The van der Waals surface area contributed by atoms with Gasteiger partial charge in [-0.15, -0.1) is 0 Å². The van der Waals surface area contributed by atoms with E-state index in [1.165, 1.54) is 30.8 Å². The summed E-state index contributed by atoms with van der Waals surface area (Å²) < 4.78 is 13.2. The predicted molar refractivity (Wildman–Crippen MR) is 63.0 cm³/mol. The van der Waals surface area contributed by atoms with Gasteiger partial charge in [0, 0.05) is 23.9 Å². The van der Waals surface area contributed by atoms with Gasteiger partial charge in [-0.25, -0.2) is 4.39 Å². The maximum atomic E-state index is 13.2. The lowest BCUT2D eigenvalue weighted by atomic mass is 10.2. The molecule has 0 aliphatic heterocycles. The first-order valence-corrected chi connectivity index (χ1v) is 5.43. The Hall–Kier alpha value is -1.29. The standard InChI is InChI=1S/C11H12FNOS/c1-8(14)15-6-2-3-9-7-10(13)4-5-11(9)12/h2-5,7H,6,13H2,1H3. The summed E-state index contributed by atoms with van der Waals surface area (Å²) in [5, 5.41) is 0.0488. The van der Waals surface area contributed by atoms with Crippen LogP contribution in [-0.4, -0.2) is 10.9 Å². The minimum atomic E-state index is -0.312. The number of nitrogen functional groups attached to an aromatic ring is 1. The van der Waals surface area contributed by atoms with Crippen molar-refractivity contribution in [2.24, 2.45) is 0 Å². The molecule has 0 radical (unpaired) electrons. The second-order valence-corrected chi connectivity index (χ2v) is 4.18. The van der Waals surface area contributed by atoms with Gasteiger partial charge in [0.25, 0.3) is 0 Å². The van der Waals surface area contributed by atoms with Crippen molar-refractivity contribution in [2.75, 3.05) is 11.5 Å². The molecule has 1 aromatic rings. The van der Waals surface area contributed by atoms with Gasteiger partial charge in [-0.1, -0.05) is 23.9 Å². The zero-order valence-electron chi connectivity index (χ0n) is 8.37.